The molecule has 1 atom stereocenters. The molecule has 0 aliphatic heterocycles. The van der Waals surface area contributed by atoms with E-state index < -0.39 is 5.97 Å². The first-order valence-electron chi connectivity index (χ1n) is 4.73. The van der Waals surface area contributed by atoms with Gasteiger partial charge in [0.2, 0.25) is 0 Å². The van der Waals surface area contributed by atoms with Crippen LogP contribution in [0.4, 0.5) is 0 Å². The molecule has 0 aromatic rings. The molecular weight excluding hydrogens is 154 g/mol. The molecule has 1 unspecified atom stereocenters. The van der Waals surface area contributed by atoms with Crippen molar-refractivity contribution in [2.24, 2.45) is 11.8 Å². The Bertz CT molecular complexity index is 155. The lowest BCUT2D eigenvalue weighted by molar-refractivity contribution is -0.380. The maximum Gasteiger partial charge on any atom is 0.303 e. The van der Waals surface area contributed by atoms with Crippen molar-refractivity contribution >= 4 is 5.97 Å². The summed E-state index contributed by atoms with van der Waals surface area (Å²) < 4.78 is 0. The van der Waals surface area contributed by atoms with Gasteiger partial charge in [-0.25, -0.2) is 0 Å². The summed E-state index contributed by atoms with van der Waals surface area (Å²) in [5.41, 5.74) is 3.79. The second-order valence-electron chi connectivity index (χ2n) is 3.79. The first-order valence-corrected chi connectivity index (χ1v) is 4.73. The lowest BCUT2D eigenvalue weighted by atomic mass is 9.78. The summed E-state index contributed by atoms with van der Waals surface area (Å²) >= 11 is 0. The molecule has 12 heavy (non-hydrogen) atoms. The van der Waals surface area contributed by atoms with Crippen LogP contribution in [0.15, 0.2) is 0 Å². The van der Waals surface area contributed by atoms with Gasteiger partial charge in [-0.2, -0.15) is 0 Å². The molecule has 0 radical (unpaired) electrons. The van der Waals surface area contributed by atoms with Crippen LogP contribution in [0.2, 0.25) is 0 Å². The van der Waals surface area contributed by atoms with E-state index in [0.29, 0.717) is 12.3 Å². The molecule has 0 amide bonds. The van der Waals surface area contributed by atoms with Crippen molar-refractivity contribution in [3.05, 3.63) is 0 Å². The van der Waals surface area contributed by atoms with Crippen molar-refractivity contribution in [1.82, 2.24) is 0 Å². The Hall–Kier alpha value is -0.570. The van der Waals surface area contributed by atoms with Crippen molar-refractivity contribution in [3.63, 3.8) is 0 Å². The third-order valence-electron chi connectivity index (χ3n) is 2.76. The highest BCUT2D eigenvalue weighted by atomic mass is 16.4. The quantitative estimate of drug-likeness (QED) is 0.634. The van der Waals surface area contributed by atoms with Gasteiger partial charge in [-0.1, -0.05) is 19.3 Å². The SMILES string of the molecule is [NH3+]CC(CC(=O)O)CC1CCC1. The maximum absolute atomic E-state index is 10.4. The molecule has 0 spiro atoms. The number of hydrogen-bond acceptors (Lipinski definition) is 1. The molecule has 0 aromatic carbocycles. The molecule has 0 bridgehead atoms. The van der Waals surface area contributed by atoms with E-state index in [0.717, 1.165) is 18.9 Å². The number of carbonyl (C=O) groups is 1. The Morgan fingerprint density at radius 2 is 2.25 bits per heavy atom. The van der Waals surface area contributed by atoms with Gasteiger partial charge in [0.05, 0.1) is 13.0 Å². The molecule has 3 heteroatoms. The van der Waals surface area contributed by atoms with Gasteiger partial charge >= 0.3 is 5.97 Å². The average Bonchev–Trinajstić information content (AvgIpc) is 1.93. The summed E-state index contributed by atoms with van der Waals surface area (Å²) in [6.45, 7) is 0.767. The van der Waals surface area contributed by atoms with Gasteiger partial charge in [0, 0.05) is 5.92 Å². The molecule has 1 rings (SSSR count). The molecule has 0 saturated heterocycles. The fourth-order valence-electron chi connectivity index (χ4n) is 1.75. The molecule has 4 N–H and O–H groups in total. The number of rotatable bonds is 5. The molecule has 1 aliphatic carbocycles. The lowest BCUT2D eigenvalue weighted by Gasteiger charge is -2.27. The minimum absolute atomic E-state index is 0.306. The van der Waals surface area contributed by atoms with Crippen LogP contribution in [-0.2, 0) is 4.79 Å². The van der Waals surface area contributed by atoms with Gasteiger partial charge in [-0.05, 0) is 12.3 Å². The van der Waals surface area contributed by atoms with Crippen LogP contribution in [0.5, 0.6) is 0 Å². The van der Waals surface area contributed by atoms with E-state index in [1.807, 2.05) is 0 Å². The Kier molecular flexibility index (Phi) is 3.53. The third kappa shape index (κ3) is 2.81. The topological polar surface area (TPSA) is 64.9 Å². The van der Waals surface area contributed by atoms with Crippen molar-refractivity contribution in [2.75, 3.05) is 6.54 Å². The third-order valence-corrected chi connectivity index (χ3v) is 2.76. The van der Waals surface area contributed by atoms with Crippen LogP contribution in [-0.4, -0.2) is 17.6 Å². The summed E-state index contributed by atoms with van der Waals surface area (Å²) in [5, 5.41) is 8.59. The number of aliphatic carboxylic acids is 1. The number of carboxylic acid groups (broad SMARTS) is 1. The summed E-state index contributed by atoms with van der Waals surface area (Å²) in [7, 11) is 0. The molecule has 0 aromatic heterocycles. The highest BCUT2D eigenvalue weighted by Gasteiger charge is 2.23. The van der Waals surface area contributed by atoms with Crippen LogP contribution in [0, 0.1) is 11.8 Å². The van der Waals surface area contributed by atoms with Gasteiger partial charge in [0.15, 0.2) is 0 Å². The van der Waals surface area contributed by atoms with E-state index in [1.165, 1.54) is 19.3 Å². The summed E-state index contributed by atoms with van der Waals surface area (Å²) in [6, 6.07) is 0. The fourth-order valence-corrected chi connectivity index (χ4v) is 1.75. The van der Waals surface area contributed by atoms with Crippen LogP contribution in [0.25, 0.3) is 0 Å². The highest BCUT2D eigenvalue weighted by Crippen LogP contribution is 2.32. The Balaban J connectivity index is 2.19. The average molecular weight is 172 g/mol. The molecule has 1 aliphatic rings. The Morgan fingerprint density at radius 3 is 2.58 bits per heavy atom. The minimum Gasteiger partial charge on any atom is -0.481 e. The predicted molar refractivity (Wildman–Crippen MR) is 45.5 cm³/mol. The highest BCUT2D eigenvalue weighted by molar-refractivity contribution is 5.67. The van der Waals surface area contributed by atoms with E-state index in [9.17, 15) is 4.79 Å². The monoisotopic (exact) mass is 172 g/mol. The maximum atomic E-state index is 10.4. The van der Waals surface area contributed by atoms with Gasteiger partial charge < -0.3 is 10.8 Å². The van der Waals surface area contributed by atoms with Crippen molar-refractivity contribution in [3.8, 4) is 0 Å². The van der Waals surface area contributed by atoms with Crippen LogP contribution >= 0.6 is 0 Å². The smallest absolute Gasteiger partial charge is 0.303 e. The number of carboxylic acids is 1. The van der Waals surface area contributed by atoms with E-state index in [1.54, 1.807) is 0 Å². The molecule has 70 valence electrons. The largest absolute Gasteiger partial charge is 0.481 e. The van der Waals surface area contributed by atoms with Gasteiger partial charge in [0.25, 0.3) is 0 Å². The van der Waals surface area contributed by atoms with E-state index in [2.05, 4.69) is 5.73 Å². The summed E-state index contributed by atoms with van der Waals surface area (Å²) in [6.07, 6.45) is 5.32. The Labute approximate surface area is 72.9 Å². The standard InChI is InChI=1S/C9H17NO2/c10-6-8(5-9(11)12)4-7-2-1-3-7/h7-8H,1-6,10H2,(H,11,12)/p+1. The number of hydrogen-bond donors (Lipinski definition) is 2. The summed E-state index contributed by atoms with van der Waals surface area (Å²) in [5.74, 6) is 0.437. The molecule has 0 heterocycles. The zero-order chi connectivity index (χ0) is 8.97. The van der Waals surface area contributed by atoms with Crippen molar-refractivity contribution in [1.29, 1.82) is 0 Å². The van der Waals surface area contributed by atoms with Gasteiger partial charge in [0.1, 0.15) is 0 Å². The zero-order valence-corrected chi connectivity index (χ0v) is 7.46. The predicted octanol–water partition coefficient (Wildman–Crippen LogP) is 0.509. The van der Waals surface area contributed by atoms with Gasteiger partial charge in [-0.3, -0.25) is 4.79 Å². The van der Waals surface area contributed by atoms with Crippen molar-refractivity contribution in [2.45, 2.75) is 32.1 Å². The van der Waals surface area contributed by atoms with Crippen molar-refractivity contribution < 1.29 is 15.6 Å². The normalized spacial score (nSPS) is 20.1. The molecule has 1 fully saturated rings. The van der Waals surface area contributed by atoms with Gasteiger partial charge in [-0.15, -0.1) is 0 Å². The molecular formula is C9H18NO2+. The van der Waals surface area contributed by atoms with Crippen LogP contribution in [0.1, 0.15) is 32.1 Å². The zero-order valence-electron chi connectivity index (χ0n) is 7.46. The minimum atomic E-state index is -0.678. The van der Waals surface area contributed by atoms with Crippen LogP contribution < -0.4 is 5.73 Å². The van der Waals surface area contributed by atoms with E-state index in [4.69, 9.17) is 5.11 Å². The summed E-state index contributed by atoms with van der Waals surface area (Å²) in [4.78, 5) is 10.4. The molecule has 3 nitrogen and oxygen atoms in total. The van der Waals surface area contributed by atoms with E-state index in [-0.39, 0.29) is 0 Å². The first kappa shape index (κ1) is 9.52. The second kappa shape index (κ2) is 4.45. The lowest BCUT2D eigenvalue weighted by Crippen LogP contribution is -2.54. The second-order valence-corrected chi connectivity index (χ2v) is 3.79. The fraction of sp³-hybridized carbons (Fsp3) is 0.889. The molecule has 1 saturated carbocycles. The first-order chi connectivity index (χ1) is 5.72. The number of quaternary nitrogens is 1. The van der Waals surface area contributed by atoms with E-state index >= 15 is 0 Å². The van der Waals surface area contributed by atoms with Crippen LogP contribution in [0.3, 0.4) is 0 Å². The Morgan fingerprint density at radius 1 is 1.58 bits per heavy atom.